The number of benzene rings is 3. The minimum atomic E-state index is 0.996. The van der Waals surface area contributed by atoms with Gasteiger partial charge in [0.05, 0.1) is 11.9 Å². The first kappa shape index (κ1) is 14.0. The van der Waals surface area contributed by atoms with Crippen LogP contribution >= 0.6 is 0 Å². The van der Waals surface area contributed by atoms with E-state index in [0.29, 0.717) is 0 Å². The second kappa shape index (κ2) is 5.60. The summed E-state index contributed by atoms with van der Waals surface area (Å²) < 4.78 is 2.17. The smallest absolute Gasteiger partial charge is 0.145 e. The molecule has 25 heavy (non-hydrogen) atoms. The Kier molecular flexibility index (Phi) is 3.14. The van der Waals surface area contributed by atoms with Crippen LogP contribution < -0.4 is 0 Å². The summed E-state index contributed by atoms with van der Waals surface area (Å²) in [6, 6.07) is 29.6. The molecule has 0 aliphatic heterocycles. The van der Waals surface area contributed by atoms with Gasteiger partial charge in [0.25, 0.3) is 0 Å². The van der Waals surface area contributed by atoms with Crippen molar-refractivity contribution in [2.75, 3.05) is 0 Å². The predicted molar refractivity (Wildman–Crippen MR) is 104 cm³/mol. The summed E-state index contributed by atoms with van der Waals surface area (Å²) in [4.78, 5) is 4.69. The topological polar surface area (TPSA) is 17.3 Å². The van der Waals surface area contributed by atoms with Gasteiger partial charge in [-0.25, -0.2) is 4.98 Å². The number of rotatable bonds is 2. The highest BCUT2D eigenvalue weighted by atomic mass is 15.0. The van der Waals surface area contributed by atoms with E-state index in [1.807, 2.05) is 18.3 Å². The van der Waals surface area contributed by atoms with Crippen LogP contribution in [0.1, 0.15) is 0 Å². The number of imidazole rings is 1. The van der Waals surface area contributed by atoms with Gasteiger partial charge in [-0.05, 0) is 28.6 Å². The number of nitrogens with zero attached hydrogens (tertiary/aromatic N) is 2. The molecule has 2 heteroatoms. The molecule has 0 atom stereocenters. The first-order valence-corrected chi connectivity index (χ1v) is 8.41. The molecule has 3 aromatic carbocycles. The van der Waals surface area contributed by atoms with E-state index in [1.165, 1.54) is 27.5 Å². The molecule has 0 amide bonds. The van der Waals surface area contributed by atoms with Crippen molar-refractivity contribution in [3.63, 3.8) is 0 Å². The molecule has 0 spiro atoms. The highest BCUT2D eigenvalue weighted by Gasteiger charge is 2.09. The van der Waals surface area contributed by atoms with E-state index in [0.717, 1.165) is 11.3 Å². The zero-order valence-electron chi connectivity index (χ0n) is 13.6. The zero-order valence-corrected chi connectivity index (χ0v) is 13.6. The standard InChI is InChI=1S/C23H16N2/c1-3-7-17(8-4-1)19-11-12-21-20(15-19)13-14-25-22(16-24-23(21)25)18-9-5-2-6-10-18/h1-16H. The molecule has 5 aromatic rings. The summed E-state index contributed by atoms with van der Waals surface area (Å²) in [6.45, 7) is 0. The summed E-state index contributed by atoms with van der Waals surface area (Å²) in [5.41, 5.74) is 5.75. The average molecular weight is 320 g/mol. The van der Waals surface area contributed by atoms with Gasteiger partial charge in [-0.3, -0.25) is 4.40 Å². The van der Waals surface area contributed by atoms with Crippen molar-refractivity contribution in [2.45, 2.75) is 0 Å². The lowest BCUT2D eigenvalue weighted by Gasteiger charge is -2.07. The van der Waals surface area contributed by atoms with Crippen molar-refractivity contribution in [3.05, 3.63) is 97.3 Å². The highest BCUT2D eigenvalue weighted by Crippen LogP contribution is 2.29. The molecule has 2 nitrogen and oxygen atoms in total. The van der Waals surface area contributed by atoms with E-state index in [2.05, 4.69) is 88.4 Å². The number of aromatic nitrogens is 2. The Hall–Kier alpha value is -3.39. The summed E-state index contributed by atoms with van der Waals surface area (Å²) in [5.74, 6) is 0. The quantitative estimate of drug-likeness (QED) is 0.400. The molecular formula is C23H16N2. The van der Waals surface area contributed by atoms with Gasteiger partial charge in [0.1, 0.15) is 5.65 Å². The van der Waals surface area contributed by atoms with Crippen molar-refractivity contribution in [2.24, 2.45) is 0 Å². The predicted octanol–water partition coefficient (Wildman–Crippen LogP) is 5.82. The zero-order chi connectivity index (χ0) is 16.6. The summed E-state index contributed by atoms with van der Waals surface area (Å²) in [6.07, 6.45) is 4.07. The lowest BCUT2D eigenvalue weighted by molar-refractivity contribution is 1.21. The third-order valence-corrected chi connectivity index (χ3v) is 4.67. The number of fused-ring (bicyclic) bond motifs is 3. The molecule has 0 N–H and O–H groups in total. The molecule has 2 heterocycles. The second-order valence-electron chi connectivity index (χ2n) is 6.19. The van der Waals surface area contributed by atoms with Gasteiger partial charge in [0.15, 0.2) is 0 Å². The molecule has 0 radical (unpaired) electrons. The molecule has 118 valence electrons. The Morgan fingerprint density at radius 3 is 2.12 bits per heavy atom. The van der Waals surface area contributed by atoms with Gasteiger partial charge in [0, 0.05) is 17.1 Å². The van der Waals surface area contributed by atoms with Crippen LogP contribution in [0.25, 0.3) is 38.8 Å². The fourth-order valence-electron chi connectivity index (χ4n) is 3.40. The Labute approximate surface area is 146 Å². The first-order valence-electron chi connectivity index (χ1n) is 8.41. The van der Waals surface area contributed by atoms with Crippen LogP contribution in [0.5, 0.6) is 0 Å². The first-order chi connectivity index (χ1) is 12.4. The Morgan fingerprint density at radius 2 is 1.36 bits per heavy atom. The molecule has 0 saturated carbocycles. The maximum Gasteiger partial charge on any atom is 0.145 e. The van der Waals surface area contributed by atoms with Crippen molar-refractivity contribution >= 4 is 16.4 Å². The molecule has 0 unspecified atom stereocenters. The van der Waals surface area contributed by atoms with Crippen molar-refractivity contribution in [3.8, 4) is 22.4 Å². The lowest BCUT2D eigenvalue weighted by Crippen LogP contribution is -1.89. The van der Waals surface area contributed by atoms with E-state index < -0.39 is 0 Å². The van der Waals surface area contributed by atoms with E-state index >= 15 is 0 Å². The van der Waals surface area contributed by atoms with Gasteiger partial charge in [-0.15, -0.1) is 0 Å². The molecule has 0 saturated heterocycles. The van der Waals surface area contributed by atoms with Gasteiger partial charge in [0.2, 0.25) is 0 Å². The lowest BCUT2D eigenvalue weighted by atomic mass is 10.0. The van der Waals surface area contributed by atoms with Crippen LogP contribution in [0, 0.1) is 0 Å². The number of hydrogen-bond acceptors (Lipinski definition) is 1. The fourth-order valence-corrected chi connectivity index (χ4v) is 3.40. The van der Waals surface area contributed by atoms with Gasteiger partial charge in [-0.2, -0.15) is 0 Å². The summed E-state index contributed by atoms with van der Waals surface area (Å²) >= 11 is 0. The fraction of sp³-hybridized carbons (Fsp3) is 0. The molecule has 0 bridgehead atoms. The van der Waals surface area contributed by atoms with E-state index in [4.69, 9.17) is 0 Å². The van der Waals surface area contributed by atoms with Crippen LogP contribution in [0.2, 0.25) is 0 Å². The maximum absolute atomic E-state index is 4.69. The maximum atomic E-state index is 4.69. The second-order valence-corrected chi connectivity index (χ2v) is 6.19. The van der Waals surface area contributed by atoms with Gasteiger partial charge in [-0.1, -0.05) is 72.8 Å². The molecule has 5 rings (SSSR count). The van der Waals surface area contributed by atoms with Crippen LogP contribution in [-0.2, 0) is 0 Å². The Bertz CT molecular complexity index is 1170. The molecule has 0 aliphatic carbocycles. The van der Waals surface area contributed by atoms with Crippen molar-refractivity contribution in [1.82, 2.24) is 9.38 Å². The average Bonchev–Trinajstić information content (AvgIpc) is 3.13. The number of pyridine rings is 1. The molecule has 2 aromatic heterocycles. The molecule has 0 fully saturated rings. The van der Waals surface area contributed by atoms with Gasteiger partial charge >= 0.3 is 0 Å². The minimum absolute atomic E-state index is 0.996. The Morgan fingerprint density at radius 1 is 0.640 bits per heavy atom. The SMILES string of the molecule is c1ccc(-c2ccc3c(ccn4c(-c5ccccc5)cnc34)c2)cc1. The Balaban J connectivity index is 1.70. The highest BCUT2D eigenvalue weighted by molar-refractivity contribution is 5.97. The largest absolute Gasteiger partial charge is 0.299 e. The van der Waals surface area contributed by atoms with E-state index in [9.17, 15) is 0 Å². The monoisotopic (exact) mass is 320 g/mol. The molecule has 0 aliphatic rings. The third kappa shape index (κ3) is 2.31. The van der Waals surface area contributed by atoms with E-state index in [1.54, 1.807) is 0 Å². The van der Waals surface area contributed by atoms with Crippen molar-refractivity contribution < 1.29 is 0 Å². The third-order valence-electron chi connectivity index (χ3n) is 4.67. The van der Waals surface area contributed by atoms with Crippen LogP contribution in [-0.4, -0.2) is 9.38 Å². The summed E-state index contributed by atoms with van der Waals surface area (Å²) in [5, 5.41) is 2.38. The molecular weight excluding hydrogens is 304 g/mol. The normalized spacial score (nSPS) is 11.2. The summed E-state index contributed by atoms with van der Waals surface area (Å²) in [7, 11) is 0. The van der Waals surface area contributed by atoms with Crippen LogP contribution in [0.4, 0.5) is 0 Å². The van der Waals surface area contributed by atoms with E-state index in [-0.39, 0.29) is 0 Å². The minimum Gasteiger partial charge on any atom is -0.299 e. The van der Waals surface area contributed by atoms with Gasteiger partial charge < -0.3 is 0 Å². The van der Waals surface area contributed by atoms with Crippen molar-refractivity contribution in [1.29, 1.82) is 0 Å². The van der Waals surface area contributed by atoms with Crippen LogP contribution in [0.3, 0.4) is 0 Å². The van der Waals surface area contributed by atoms with Crippen LogP contribution in [0.15, 0.2) is 97.3 Å². The number of hydrogen-bond donors (Lipinski definition) is 0.